The molecule has 1 unspecified atom stereocenters. The van der Waals surface area contributed by atoms with Crippen molar-refractivity contribution in [1.29, 1.82) is 0 Å². The summed E-state index contributed by atoms with van der Waals surface area (Å²) in [6, 6.07) is 8.44. The van der Waals surface area contributed by atoms with Gasteiger partial charge in [-0.25, -0.2) is 17.9 Å². The van der Waals surface area contributed by atoms with Crippen LogP contribution in [-0.2, 0) is 19.6 Å². The number of ether oxygens (including phenoxy) is 1. The number of carbonyl (C=O) groups is 2. The number of anilines is 2. The number of nitro benzene ring substituents is 1. The van der Waals surface area contributed by atoms with Gasteiger partial charge in [0.25, 0.3) is 11.6 Å². The summed E-state index contributed by atoms with van der Waals surface area (Å²) in [6.07, 6.45) is -1.25. The molecule has 166 valence electrons. The Bertz CT molecular complexity index is 1100. The van der Waals surface area contributed by atoms with Gasteiger partial charge in [-0.2, -0.15) is 0 Å². The van der Waals surface area contributed by atoms with E-state index >= 15 is 0 Å². The number of esters is 1. The Kier molecular flexibility index (Phi) is 7.31. The Hall–Kier alpha value is -3.51. The fraction of sp³-hybridized carbons (Fsp3) is 0.263. The van der Waals surface area contributed by atoms with E-state index in [-0.39, 0.29) is 33.6 Å². The number of hydrogen-bond donors (Lipinski definition) is 3. The quantitative estimate of drug-likeness (QED) is 0.237. The molecule has 4 N–H and O–H groups in total. The normalized spacial score (nSPS) is 12.3. The number of amides is 1. The van der Waals surface area contributed by atoms with Crippen molar-refractivity contribution in [3.8, 4) is 0 Å². The van der Waals surface area contributed by atoms with E-state index in [9.17, 15) is 28.1 Å². The highest BCUT2D eigenvalue weighted by molar-refractivity contribution is 7.89. The molecule has 31 heavy (non-hydrogen) atoms. The molecule has 11 nitrogen and oxygen atoms in total. The SMILES string of the molecule is CC(C)NS(=O)(=O)c1ccc(NC(=O)C(C)OC(=O)c2cc([N+](=O)[O-])ccc2N)cc1. The third kappa shape index (κ3) is 6.23. The number of nitrogens with one attached hydrogen (secondary N) is 2. The second-order valence-electron chi connectivity index (χ2n) is 6.87. The van der Waals surface area contributed by atoms with E-state index < -0.39 is 32.9 Å². The van der Waals surface area contributed by atoms with Crippen LogP contribution in [0.3, 0.4) is 0 Å². The van der Waals surface area contributed by atoms with Gasteiger partial charge in [-0.05, 0) is 51.1 Å². The Labute approximate surface area is 178 Å². The van der Waals surface area contributed by atoms with Crippen molar-refractivity contribution in [2.75, 3.05) is 11.1 Å². The summed E-state index contributed by atoms with van der Waals surface area (Å²) in [5.74, 6) is -1.68. The molecule has 2 aromatic rings. The Morgan fingerprint density at radius 3 is 2.26 bits per heavy atom. The van der Waals surface area contributed by atoms with Gasteiger partial charge in [0.15, 0.2) is 6.10 Å². The topological polar surface area (TPSA) is 171 Å². The van der Waals surface area contributed by atoms with Crippen molar-refractivity contribution in [2.45, 2.75) is 37.8 Å². The Morgan fingerprint density at radius 1 is 1.10 bits per heavy atom. The standard InChI is InChI=1S/C19H22N4O7S/c1-11(2)22-31(28,29)15-7-4-13(5-8-15)21-18(24)12(3)30-19(25)16-10-14(23(26)27)6-9-17(16)20/h4-12,22H,20H2,1-3H3,(H,21,24). The molecule has 0 saturated carbocycles. The van der Waals surface area contributed by atoms with Crippen molar-refractivity contribution in [3.63, 3.8) is 0 Å². The molecule has 0 aliphatic rings. The highest BCUT2D eigenvalue weighted by atomic mass is 32.2. The molecule has 1 amide bonds. The predicted octanol–water partition coefficient (Wildman–Crippen LogP) is 2.05. The van der Waals surface area contributed by atoms with Crippen molar-refractivity contribution in [3.05, 3.63) is 58.1 Å². The fourth-order valence-corrected chi connectivity index (χ4v) is 3.70. The lowest BCUT2D eigenvalue weighted by molar-refractivity contribution is -0.384. The van der Waals surface area contributed by atoms with Gasteiger partial charge in [0, 0.05) is 29.5 Å². The molecule has 12 heteroatoms. The first-order valence-electron chi connectivity index (χ1n) is 9.09. The molecule has 0 radical (unpaired) electrons. The van der Waals surface area contributed by atoms with Crippen LogP contribution < -0.4 is 15.8 Å². The van der Waals surface area contributed by atoms with Gasteiger partial charge in [0.05, 0.1) is 15.4 Å². The van der Waals surface area contributed by atoms with Crippen LogP contribution in [0.15, 0.2) is 47.4 Å². The summed E-state index contributed by atoms with van der Waals surface area (Å²) in [5, 5.41) is 13.4. The summed E-state index contributed by atoms with van der Waals surface area (Å²) in [6.45, 7) is 4.69. The molecule has 0 spiro atoms. The Morgan fingerprint density at radius 2 is 1.71 bits per heavy atom. The third-order valence-corrected chi connectivity index (χ3v) is 5.62. The summed E-state index contributed by atoms with van der Waals surface area (Å²) in [4.78, 5) is 34.8. The molecule has 2 rings (SSSR count). The van der Waals surface area contributed by atoms with Crippen molar-refractivity contribution >= 4 is 39.0 Å². The number of nitrogens with zero attached hydrogens (tertiary/aromatic N) is 1. The van der Waals surface area contributed by atoms with E-state index in [4.69, 9.17) is 10.5 Å². The van der Waals surface area contributed by atoms with E-state index in [2.05, 4.69) is 10.0 Å². The van der Waals surface area contributed by atoms with Crippen molar-refractivity contribution in [1.82, 2.24) is 4.72 Å². The number of carbonyl (C=O) groups excluding carboxylic acids is 2. The van der Waals surface area contributed by atoms with Crippen LogP contribution in [0.25, 0.3) is 0 Å². The maximum absolute atomic E-state index is 12.3. The number of nitro groups is 1. The van der Waals surface area contributed by atoms with E-state index in [0.717, 1.165) is 12.1 Å². The molecule has 1 atom stereocenters. The summed E-state index contributed by atoms with van der Waals surface area (Å²) in [7, 11) is -3.67. The van der Waals surface area contributed by atoms with Gasteiger partial charge in [0.2, 0.25) is 10.0 Å². The van der Waals surface area contributed by atoms with E-state index in [0.29, 0.717) is 0 Å². The van der Waals surface area contributed by atoms with Gasteiger partial charge >= 0.3 is 5.97 Å². The van der Waals surface area contributed by atoms with Gasteiger partial charge in [-0.3, -0.25) is 14.9 Å². The first kappa shape index (κ1) is 23.8. The molecule has 2 aromatic carbocycles. The minimum Gasteiger partial charge on any atom is -0.449 e. The van der Waals surface area contributed by atoms with E-state index in [1.54, 1.807) is 13.8 Å². The maximum atomic E-state index is 12.3. The molecule has 0 fully saturated rings. The first-order valence-corrected chi connectivity index (χ1v) is 10.6. The monoisotopic (exact) mass is 450 g/mol. The highest BCUT2D eigenvalue weighted by Gasteiger charge is 2.23. The lowest BCUT2D eigenvalue weighted by Gasteiger charge is -2.15. The average molecular weight is 450 g/mol. The first-order chi connectivity index (χ1) is 14.4. The second-order valence-corrected chi connectivity index (χ2v) is 8.58. The van der Waals surface area contributed by atoms with Crippen LogP contribution in [0, 0.1) is 10.1 Å². The lowest BCUT2D eigenvalue weighted by Crippen LogP contribution is -2.31. The zero-order valence-electron chi connectivity index (χ0n) is 17.0. The van der Waals surface area contributed by atoms with E-state index in [1.165, 1.54) is 37.3 Å². The molecule has 0 aliphatic carbocycles. The third-order valence-electron chi connectivity index (χ3n) is 3.94. The number of hydrogen-bond acceptors (Lipinski definition) is 8. The number of benzene rings is 2. The van der Waals surface area contributed by atoms with Crippen molar-refractivity contribution in [2.24, 2.45) is 0 Å². The number of non-ortho nitro benzene ring substituents is 1. The fourth-order valence-electron chi connectivity index (χ4n) is 2.45. The predicted molar refractivity (Wildman–Crippen MR) is 113 cm³/mol. The Balaban J connectivity index is 2.05. The summed E-state index contributed by atoms with van der Waals surface area (Å²) >= 11 is 0. The minimum atomic E-state index is -3.67. The van der Waals surface area contributed by atoms with Crippen LogP contribution >= 0.6 is 0 Å². The molecule has 0 aromatic heterocycles. The molecular formula is C19H22N4O7S. The van der Waals surface area contributed by atoms with Gasteiger partial charge in [-0.15, -0.1) is 0 Å². The minimum absolute atomic E-state index is 0.0276. The summed E-state index contributed by atoms with van der Waals surface area (Å²) < 4.78 is 31.7. The lowest BCUT2D eigenvalue weighted by atomic mass is 10.1. The van der Waals surface area contributed by atoms with Gasteiger partial charge in [-0.1, -0.05) is 0 Å². The number of nitrogens with two attached hydrogens (primary N) is 1. The average Bonchev–Trinajstić information content (AvgIpc) is 2.67. The van der Waals surface area contributed by atoms with E-state index in [1.807, 2.05) is 0 Å². The number of nitrogen functional groups attached to an aromatic ring is 1. The molecular weight excluding hydrogens is 428 g/mol. The number of sulfonamides is 1. The van der Waals surface area contributed by atoms with Crippen molar-refractivity contribution < 1.29 is 27.7 Å². The van der Waals surface area contributed by atoms with Gasteiger partial charge in [0.1, 0.15) is 0 Å². The van der Waals surface area contributed by atoms with Crippen LogP contribution in [0.5, 0.6) is 0 Å². The number of rotatable bonds is 8. The molecule has 0 aliphatic heterocycles. The zero-order chi connectivity index (χ0) is 23.3. The smallest absolute Gasteiger partial charge is 0.341 e. The van der Waals surface area contributed by atoms with Crippen LogP contribution in [0.4, 0.5) is 17.1 Å². The van der Waals surface area contributed by atoms with Gasteiger partial charge < -0.3 is 15.8 Å². The zero-order valence-corrected chi connectivity index (χ0v) is 17.8. The second kappa shape index (κ2) is 9.53. The molecule has 0 heterocycles. The van der Waals surface area contributed by atoms with Crippen LogP contribution in [0.2, 0.25) is 0 Å². The largest absolute Gasteiger partial charge is 0.449 e. The molecule has 0 bridgehead atoms. The van der Waals surface area contributed by atoms with Crippen LogP contribution in [-0.4, -0.2) is 37.4 Å². The highest BCUT2D eigenvalue weighted by Crippen LogP contribution is 2.21. The molecule has 0 saturated heterocycles. The maximum Gasteiger partial charge on any atom is 0.341 e. The van der Waals surface area contributed by atoms with Crippen LogP contribution in [0.1, 0.15) is 31.1 Å². The summed E-state index contributed by atoms with van der Waals surface area (Å²) in [5.41, 5.74) is 5.34.